The minimum Gasteiger partial charge on any atom is -0.279 e. The van der Waals surface area contributed by atoms with Gasteiger partial charge in [0.15, 0.2) is 0 Å². The van der Waals surface area contributed by atoms with Crippen molar-refractivity contribution in [3.63, 3.8) is 0 Å². The number of rotatable bonds is 3. The van der Waals surface area contributed by atoms with Gasteiger partial charge in [-0.2, -0.15) is 5.26 Å². The zero-order valence-electron chi connectivity index (χ0n) is 9.97. The van der Waals surface area contributed by atoms with Crippen LogP contribution in [-0.2, 0) is 10.0 Å². The number of halogens is 2. The molecule has 0 bridgehead atoms. The van der Waals surface area contributed by atoms with E-state index in [0.717, 1.165) is 6.07 Å². The van der Waals surface area contributed by atoms with Gasteiger partial charge in [-0.25, -0.2) is 12.8 Å². The Labute approximate surface area is 124 Å². The van der Waals surface area contributed by atoms with Gasteiger partial charge in [-0.3, -0.25) is 4.72 Å². The third-order valence-corrected chi connectivity index (χ3v) is 4.55. The van der Waals surface area contributed by atoms with Gasteiger partial charge in [0.2, 0.25) is 0 Å². The highest BCUT2D eigenvalue weighted by Crippen LogP contribution is 2.23. The molecule has 0 fully saturated rings. The van der Waals surface area contributed by atoms with Gasteiger partial charge in [-0.05, 0) is 46.3 Å². The smallest absolute Gasteiger partial charge is 0.263 e. The van der Waals surface area contributed by atoms with Gasteiger partial charge in [0.05, 0.1) is 15.7 Å². The Morgan fingerprint density at radius 3 is 2.55 bits per heavy atom. The van der Waals surface area contributed by atoms with Crippen molar-refractivity contribution in [2.45, 2.75) is 4.90 Å². The largest absolute Gasteiger partial charge is 0.279 e. The molecule has 0 unspecified atom stereocenters. The van der Waals surface area contributed by atoms with Crippen LogP contribution in [0, 0.1) is 17.1 Å². The molecule has 2 aromatic rings. The van der Waals surface area contributed by atoms with E-state index in [1.54, 1.807) is 6.07 Å². The van der Waals surface area contributed by atoms with E-state index in [9.17, 15) is 12.8 Å². The number of anilines is 1. The minimum atomic E-state index is -3.94. The molecule has 0 aliphatic carbocycles. The van der Waals surface area contributed by atoms with E-state index in [-0.39, 0.29) is 20.6 Å². The van der Waals surface area contributed by atoms with Gasteiger partial charge in [-0.1, -0.05) is 12.1 Å². The van der Waals surface area contributed by atoms with E-state index in [2.05, 4.69) is 20.7 Å². The van der Waals surface area contributed by atoms with E-state index in [0.29, 0.717) is 0 Å². The molecule has 2 rings (SSSR count). The van der Waals surface area contributed by atoms with Crippen LogP contribution in [0.25, 0.3) is 0 Å². The molecule has 4 nitrogen and oxygen atoms in total. The highest BCUT2D eigenvalue weighted by atomic mass is 79.9. The maximum absolute atomic E-state index is 13.4. The van der Waals surface area contributed by atoms with Gasteiger partial charge in [0.1, 0.15) is 16.8 Å². The first-order valence-corrected chi connectivity index (χ1v) is 7.68. The highest BCUT2D eigenvalue weighted by molar-refractivity contribution is 9.10. The van der Waals surface area contributed by atoms with E-state index in [4.69, 9.17) is 5.26 Å². The monoisotopic (exact) mass is 354 g/mol. The lowest BCUT2D eigenvalue weighted by Crippen LogP contribution is -2.14. The summed E-state index contributed by atoms with van der Waals surface area (Å²) in [4.78, 5) is -0.147. The second-order valence-corrected chi connectivity index (χ2v) is 6.35. The number of nitrogens with one attached hydrogen (secondary N) is 1. The standard InChI is InChI=1S/C13H8BrFN2O2S/c14-11-6-5-10(7-12(11)15)17-20(18,19)13-4-2-1-3-9(13)8-16/h1-7,17H. The zero-order chi connectivity index (χ0) is 14.8. The van der Waals surface area contributed by atoms with Crippen molar-refractivity contribution < 1.29 is 12.8 Å². The summed E-state index contributed by atoms with van der Waals surface area (Å²) in [6.07, 6.45) is 0. The van der Waals surface area contributed by atoms with Crippen molar-refractivity contribution >= 4 is 31.6 Å². The normalized spacial score (nSPS) is 10.8. The quantitative estimate of drug-likeness (QED) is 0.919. The summed E-state index contributed by atoms with van der Waals surface area (Å²) in [5, 5.41) is 8.92. The molecule has 0 saturated heterocycles. The Hall–Kier alpha value is -1.91. The SMILES string of the molecule is N#Cc1ccccc1S(=O)(=O)Nc1ccc(Br)c(F)c1. The Morgan fingerprint density at radius 1 is 1.20 bits per heavy atom. The van der Waals surface area contributed by atoms with Crippen LogP contribution in [0.3, 0.4) is 0 Å². The van der Waals surface area contributed by atoms with Crippen LogP contribution < -0.4 is 4.72 Å². The Balaban J connectivity index is 2.41. The van der Waals surface area contributed by atoms with Crippen molar-refractivity contribution in [3.05, 3.63) is 58.3 Å². The van der Waals surface area contributed by atoms with Crippen LogP contribution in [0.15, 0.2) is 51.8 Å². The number of benzene rings is 2. The summed E-state index contributed by atoms with van der Waals surface area (Å²) in [5.41, 5.74) is 0.107. The van der Waals surface area contributed by atoms with Crippen LogP contribution >= 0.6 is 15.9 Å². The van der Waals surface area contributed by atoms with Crippen molar-refractivity contribution in [1.82, 2.24) is 0 Å². The second-order valence-electron chi connectivity index (χ2n) is 3.84. The summed E-state index contributed by atoms with van der Waals surface area (Å²) < 4.78 is 40.2. The fourth-order valence-corrected chi connectivity index (χ4v) is 3.02. The third kappa shape index (κ3) is 2.98. The fraction of sp³-hybridized carbons (Fsp3) is 0. The first-order valence-electron chi connectivity index (χ1n) is 5.41. The van der Waals surface area contributed by atoms with Crippen LogP contribution in [0.5, 0.6) is 0 Å². The molecule has 0 heterocycles. The average molecular weight is 355 g/mol. The number of sulfonamides is 1. The molecule has 20 heavy (non-hydrogen) atoms. The van der Waals surface area contributed by atoms with Crippen LogP contribution in [0.2, 0.25) is 0 Å². The molecule has 0 spiro atoms. The molecule has 0 aliphatic rings. The van der Waals surface area contributed by atoms with Gasteiger partial charge in [0, 0.05) is 0 Å². The molecule has 0 amide bonds. The summed E-state index contributed by atoms with van der Waals surface area (Å²) in [6, 6.07) is 11.5. The second kappa shape index (κ2) is 5.61. The predicted molar refractivity (Wildman–Crippen MR) is 76.1 cm³/mol. The molecular weight excluding hydrogens is 347 g/mol. The average Bonchev–Trinajstić information content (AvgIpc) is 2.42. The molecule has 1 N–H and O–H groups in total. The fourth-order valence-electron chi connectivity index (χ4n) is 1.56. The number of nitriles is 1. The van der Waals surface area contributed by atoms with Gasteiger partial charge < -0.3 is 0 Å². The topological polar surface area (TPSA) is 70.0 Å². The zero-order valence-corrected chi connectivity index (χ0v) is 12.4. The maximum Gasteiger partial charge on any atom is 0.263 e. The molecule has 2 aromatic carbocycles. The van der Waals surface area contributed by atoms with Crippen LogP contribution in [0.1, 0.15) is 5.56 Å². The molecule has 0 aromatic heterocycles. The molecule has 0 radical (unpaired) electrons. The first-order chi connectivity index (χ1) is 9.44. The summed E-state index contributed by atoms with van der Waals surface area (Å²) in [7, 11) is -3.94. The van der Waals surface area contributed by atoms with Gasteiger partial charge in [0.25, 0.3) is 10.0 Å². The van der Waals surface area contributed by atoms with Gasteiger partial charge in [-0.15, -0.1) is 0 Å². The lowest BCUT2D eigenvalue weighted by Gasteiger charge is -2.09. The first kappa shape index (κ1) is 14.5. The van der Waals surface area contributed by atoms with Crippen LogP contribution in [-0.4, -0.2) is 8.42 Å². The Morgan fingerprint density at radius 2 is 1.90 bits per heavy atom. The molecule has 0 aliphatic heterocycles. The lowest BCUT2D eigenvalue weighted by molar-refractivity contribution is 0.600. The summed E-state index contributed by atoms with van der Waals surface area (Å²) in [6.45, 7) is 0. The van der Waals surface area contributed by atoms with E-state index >= 15 is 0 Å². The van der Waals surface area contributed by atoms with E-state index in [1.165, 1.54) is 30.3 Å². The molecule has 0 atom stereocenters. The third-order valence-electron chi connectivity index (χ3n) is 2.47. The van der Waals surface area contributed by atoms with E-state index in [1.807, 2.05) is 6.07 Å². The summed E-state index contributed by atoms with van der Waals surface area (Å²) >= 11 is 2.98. The molecule has 0 saturated carbocycles. The molecule has 102 valence electrons. The van der Waals surface area contributed by atoms with Crippen molar-refractivity contribution in [2.24, 2.45) is 0 Å². The maximum atomic E-state index is 13.4. The number of hydrogen-bond donors (Lipinski definition) is 1. The van der Waals surface area contributed by atoms with Crippen molar-refractivity contribution in [2.75, 3.05) is 4.72 Å². The van der Waals surface area contributed by atoms with Crippen LogP contribution in [0.4, 0.5) is 10.1 Å². The van der Waals surface area contributed by atoms with E-state index < -0.39 is 15.8 Å². The molecular formula is C13H8BrFN2O2S. The molecule has 7 heteroatoms. The Bertz CT molecular complexity index is 800. The number of hydrogen-bond acceptors (Lipinski definition) is 3. The highest BCUT2D eigenvalue weighted by Gasteiger charge is 2.18. The lowest BCUT2D eigenvalue weighted by atomic mass is 10.2. The predicted octanol–water partition coefficient (Wildman–Crippen LogP) is 3.26. The minimum absolute atomic E-state index is 0.0255. The Kier molecular flexibility index (Phi) is 4.06. The van der Waals surface area contributed by atoms with Crippen molar-refractivity contribution in [1.29, 1.82) is 5.26 Å². The van der Waals surface area contributed by atoms with Crippen molar-refractivity contribution in [3.8, 4) is 6.07 Å². The number of nitrogens with zero attached hydrogens (tertiary/aromatic N) is 1. The van der Waals surface area contributed by atoms with Gasteiger partial charge >= 0.3 is 0 Å². The summed E-state index contributed by atoms with van der Waals surface area (Å²) in [5.74, 6) is -0.584.